The number of hydrogen-bond acceptors (Lipinski definition) is 17. The first-order valence-electron chi connectivity index (χ1n) is 12.0. The van der Waals surface area contributed by atoms with Gasteiger partial charge in [-0.15, -0.1) is 0 Å². The van der Waals surface area contributed by atoms with Crippen molar-refractivity contribution in [2.24, 2.45) is 0 Å². The minimum Gasteiger partial charge on any atom is -0.780 e. The van der Waals surface area contributed by atoms with Gasteiger partial charge in [-0.1, -0.05) is 11.8 Å². The molecule has 10 atom stereocenters. The fourth-order valence-electron chi connectivity index (χ4n) is 4.70. The van der Waals surface area contributed by atoms with Crippen LogP contribution in [0.1, 0.15) is 12.5 Å². The number of rotatable bonds is 2. The number of phosphoric acid groups is 1. The molecule has 23 heteroatoms. The Morgan fingerprint density at radius 1 is 0.976 bits per heavy atom. The van der Waals surface area contributed by atoms with E-state index in [-0.39, 0.29) is 22.8 Å². The SMILES string of the molecule is Nc1ccn([C@@H]2O[C@@H]3COP(=O)([O-])O[C@@H]4[C@H](F)[C@@H](COP([O-])(=S)O[C@@H]2[C@@H]3F)O[C@H]4n2cnc3c(N)ncnc32)c(=O)n1. The number of ether oxygens (including phenoxy) is 2. The Kier molecular flexibility index (Phi) is 7.64. The topological polar surface area (TPSA) is 249 Å². The average molecular weight is 652 g/mol. The van der Waals surface area contributed by atoms with Crippen molar-refractivity contribution in [3.63, 3.8) is 0 Å². The normalized spacial score (nSPS) is 39.3. The molecule has 0 aromatic carbocycles. The summed E-state index contributed by atoms with van der Waals surface area (Å²) in [5, 5.41) is 0. The van der Waals surface area contributed by atoms with Gasteiger partial charge in [-0.3, -0.25) is 13.7 Å². The number of nitrogens with zero attached hydrogens (tertiary/aromatic N) is 6. The summed E-state index contributed by atoms with van der Waals surface area (Å²) in [5.74, 6) is -0.172. The van der Waals surface area contributed by atoms with Crippen molar-refractivity contribution in [1.82, 2.24) is 29.1 Å². The van der Waals surface area contributed by atoms with Crippen LogP contribution in [0.25, 0.3) is 11.2 Å². The molecule has 228 valence electrons. The Labute approximate surface area is 238 Å². The van der Waals surface area contributed by atoms with Crippen LogP contribution in [0.3, 0.4) is 0 Å². The van der Waals surface area contributed by atoms with E-state index < -0.39 is 82.7 Å². The Bertz CT molecular complexity index is 1670. The maximum Gasteiger partial charge on any atom is 0.351 e. The maximum absolute atomic E-state index is 15.7. The molecule has 4 N–H and O–H groups in total. The van der Waals surface area contributed by atoms with Crippen LogP contribution in [-0.4, -0.2) is 79.0 Å². The monoisotopic (exact) mass is 652 g/mol. The van der Waals surface area contributed by atoms with E-state index in [9.17, 15) is 19.1 Å². The largest absolute Gasteiger partial charge is 0.780 e. The van der Waals surface area contributed by atoms with Gasteiger partial charge in [0.15, 0.2) is 36.3 Å². The minimum atomic E-state index is -5.41. The van der Waals surface area contributed by atoms with Crippen molar-refractivity contribution in [3.8, 4) is 0 Å². The minimum absolute atomic E-state index is 0.0162. The molecule has 0 aliphatic carbocycles. The lowest BCUT2D eigenvalue weighted by Crippen LogP contribution is -2.38. The molecule has 3 aliphatic rings. The number of nitrogens with two attached hydrogens (primary N) is 2. The molecule has 4 bridgehead atoms. The molecule has 3 aromatic heterocycles. The smallest absolute Gasteiger partial charge is 0.351 e. The molecule has 3 aromatic rings. The highest BCUT2D eigenvalue weighted by atomic mass is 32.5. The lowest BCUT2D eigenvalue weighted by Gasteiger charge is -2.34. The summed E-state index contributed by atoms with van der Waals surface area (Å²) >= 11 is 4.92. The molecule has 0 amide bonds. The van der Waals surface area contributed by atoms with E-state index in [1.165, 1.54) is 6.07 Å². The van der Waals surface area contributed by atoms with Gasteiger partial charge in [0.05, 0.1) is 19.5 Å². The van der Waals surface area contributed by atoms with Crippen LogP contribution < -0.4 is 26.9 Å². The molecule has 3 aliphatic heterocycles. The van der Waals surface area contributed by atoms with Crippen LogP contribution in [0.5, 0.6) is 0 Å². The van der Waals surface area contributed by atoms with E-state index in [2.05, 4.69) is 19.9 Å². The van der Waals surface area contributed by atoms with Gasteiger partial charge in [-0.2, -0.15) is 4.98 Å². The number of imidazole rings is 1. The predicted molar refractivity (Wildman–Crippen MR) is 134 cm³/mol. The number of hydrogen-bond donors (Lipinski definition) is 2. The molecule has 2 unspecified atom stereocenters. The molecule has 6 rings (SSSR count). The van der Waals surface area contributed by atoms with Gasteiger partial charge in [-0.25, -0.2) is 28.5 Å². The summed E-state index contributed by atoms with van der Waals surface area (Å²) in [7, 11) is -5.41. The third kappa shape index (κ3) is 5.46. The zero-order valence-corrected chi connectivity index (χ0v) is 23.4. The van der Waals surface area contributed by atoms with Crippen LogP contribution in [0.15, 0.2) is 29.7 Å². The van der Waals surface area contributed by atoms with Gasteiger partial charge in [0.1, 0.15) is 48.8 Å². The summed E-state index contributed by atoms with van der Waals surface area (Å²) in [6.45, 7) is -6.51. The highest BCUT2D eigenvalue weighted by Crippen LogP contribution is 2.51. The van der Waals surface area contributed by atoms with Crippen molar-refractivity contribution < 1.29 is 50.7 Å². The van der Waals surface area contributed by atoms with Gasteiger partial charge < -0.3 is 48.8 Å². The molecule has 42 heavy (non-hydrogen) atoms. The van der Waals surface area contributed by atoms with Gasteiger partial charge in [-0.05, 0) is 6.07 Å². The fourth-order valence-corrected chi connectivity index (χ4v) is 6.99. The first kappa shape index (κ1) is 29.5. The maximum atomic E-state index is 15.7. The molecule has 0 radical (unpaired) electrons. The van der Waals surface area contributed by atoms with Crippen LogP contribution in [-0.2, 0) is 43.9 Å². The molecule has 3 saturated heterocycles. The Hall–Kier alpha value is -2.55. The number of aromatic nitrogens is 6. The van der Waals surface area contributed by atoms with Gasteiger partial charge in [0, 0.05) is 6.20 Å². The van der Waals surface area contributed by atoms with Crippen LogP contribution in [0.4, 0.5) is 20.4 Å². The highest BCUT2D eigenvalue weighted by molar-refractivity contribution is 8.06. The number of phosphoric ester groups is 1. The van der Waals surface area contributed by atoms with Crippen LogP contribution in [0.2, 0.25) is 0 Å². The van der Waals surface area contributed by atoms with Crippen LogP contribution in [0, 0.1) is 0 Å². The summed E-state index contributed by atoms with van der Waals surface area (Å²) in [4.78, 5) is 53.8. The zero-order chi connectivity index (χ0) is 30.0. The van der Waals surface area contributed by atoms with E-state index in [1.54, 1.807) is 0 Å². The van der Waals surface area contributed by atoms with Crippen molar-refractivity contribution in [1.29, 1.82) is 0 Å². The second-order valence-corrected chi connectivity index (χ2v) is 13.3. The van der Waals surface area contributed by atoms with E-state index in [0.29, 0.717) is 0 Å². The lowest BCUT2D eigenvalue weighted by atomic mass is 10.1. The Morgan fingerprint density at radius 3 is 2.31 bits per heavy atom. The van der Waals surface area contributed by atoms with E-state index in [1.807, 2.05) is 0 Å². The molecule has 0 spiro atoms. The van der Waals surface area contributed by atoms with E-state index >= 15 is 8.78 Å². The number of alkyl halides is 2. The standard InChI is InChI=1S/C19H22F2N8O10P2S/c20-10-8-4-35-41(33,42)39-14-11(21)7(36-17(14)28-2-1-9(22)27-19(28)30)3-34-40(31,32)38-13(10)18(37-8)29-6-26-12-15(23)24-5-25-16(12)29/h1-2,5-8,10-11,13-14,17-18H,3-4H2,(H,31,32)(H,33,42)(H2,22,27,30)(H2,23,24,25)/p-2/t7-,8-,10-,11-,13-,14-,17-,18-,41?/m1/s1. The number of halogens is 2. The van der Waals surface area contributed by atoms with Gasteiger partial charge in [0.25, 0.3) is 7.82 Å². The number of nitrogen functional groups attached to an aromatic ring is 2. The van der Waals surface area contributed by atoms with Crippen molar-refractivity contribution in [3.05, 3.63) is 35.4 Å². The Balaban J connectivity index is 1.33. The van der Waals surface area contributed by atoms with E-state index in [0.717, 1.165) is 28.0 Å². The molecule has 18 nitrogen and oxygen atoms in total. The predicted octanol–water partition coefficient (Wildman–Crippen LogP) is -1.41. The molecule has 3 fully saturated rings. The summed E-state index contributed by atoms with van der Waals surface area (Å²) in [6.07, 6.45) is -11.5. The van der Waals surface area contributed by atoms with Gasteiger partial charge >= 0.3 is 5.69 Å². The zero-order valence-electron chi connectivity index (χ0n) is 20.8. The molecule has 0 saturated carbocycles. The lowest BCUT2D eigenvalue weighted by molar-refractivity contribution is -0.236. The van der Waals surface area contributed by atoms with Crippen LogP contribution >= 0.6 is 14.5 Å². The molecular formula is C19H20F2N8O10P2S-2. The number of anilines is 2. The summed E-state index contributed by atoms with van der Waals surface area (Å²) in [5.41, 5.74) is 10.5. The van der Waals surface area contributed by atoms with E-state index in [4.69, 9.17) is 50.8 Å². The first-order chi connectivity index (χ1) is 19.8. The first-order valence-corrected chi connectivity index (χ1v) is 16.0. The van der Waals surface area contributed by atoms with Crippen molar-refractivity contribution >= 4 is 49.1 Å². The second-order valence-electron chi connectivity index (χ2n) is 9.27. The summed E-state index contributed by atoms with van der Waals surface area (Å²) < 4.78 is 77.5. The number of fused-ring (bicyclic) bond motifs is 5. The third-order valence-corrected chi connectivity index (χ3v) is 9.12. The third-order valence-electron chi connectivity index (χ3n) is 6.61. The average Bonchev–Trinajstić information content (AvgIpc) is 3.57. The Morgan fingerprint density at radius 2 is 1.62 bits per heavy atom. The highest BCUT2D eigenvalue weighted by Gasteiger charge is 2.52. The summed E-state index contributed by atoms with van der Waals surface area (Å²) in [6, 6.07) is 1.20. The molecule has 6 heterocycles. The quantitative estimate of drug-likeness (QED) is 0.302. The fraction of sp³-hybridized carbons (Fsp3) is 0.526. The molecular weight excluding hydrogens is 632 g/mol. The van der Waals surface area contributed by atoms with Crippen molar-refractivity contribution in [2.45, 2.75) is 49.2 Å². The van der Waals surface area contributed by atoms with Gasteiger partial charge in [0.2, 0.25) is 0 Å². The second kappa shape index (κ2) is 10.9. The van der Waals surface area contributed by atoms with Crippen molar-refractivity contribution in [2.75, 3.05) is 24.7 Å².